The van der Waals surface area contributed by atoms with E-state index in [1.54, 1.807) is 24.3 Å². The third-order valence-electron chi connectivity index (χ3n) is 1.86. The van der Waals surface area contributed by atoms with Crippen LogP contribution in [0.25, 0.3) is 0 Å². The van der Waals surface area contributed by atoms with E-state index < -0.39 is 13.3 Å². The Balaban J connectivity index is 3.08. The minimum absolute atomic E-state index is 0.0687. The molecule has 0 saturated heterocycles. The monoisotopic (exact) mass is 279 g/mol. The first-order valence-electron chi connectivity index (χ1n) is 3.96. The molecule has 0 aromatic heterocycles. The second kappa shape index (κ2) is 4.55. The highest BCUT2D eigenvalue weighted by Gasteiger charge is 2.28. The van der Waals surface area contributed by atoms with Crippen molar-refractivity contribution in [3.8, 4) is 0 Å². The van der Waals surface area contributed by atoms with Crippen molar-refractivity contribution in [1.82, 2.24) is 0 Å². The van der Waals surface area contributed by atoms with Crippen molar-refractivity contribution in [2.75, 3.05) is 6.54 Å². The number of hydrogen-bond donors (Lipinski definition) is 3. The fourth-order valence-corrected chi connectivity index (χ4v) is 2.42. The van der Waals surface area contributed by atoms with Gasteiger partial charge in [0, 0.05) is 11.0 Å². The summed E-state index contributed by atoms with van der Waals surface area (Å²) in [5, 5.41) is 0. The molecular formula is C8H11BrNO3P. The zero-order chi connectivity index (χ0) is 10.8. The van der Waals surface area contributed by atoms with E-state index in [1.165, 1.54) is 0 Å². The maximum absolute atomic E-state index is 11.1. The van der Waals surface area contributed by atoms with Crippen molar-refractivity contribution in [2.24, 2.45) is 5.73 Å². The number of nitrogens with two attached hydrogens (primary N) is 1. The molecule has 0 aliphatic heterocycles. The summed E-state index contributed by atoms with van der Waals surface area (Å²) >= 11 is 3.23. The largest absolute Gasteiger partial charge is 0.334 e. The molecule has 1 atom stereocenters. The number of rotatable bonds is 3. The molecule has 14 heavy (non-hydrogen) atoms. The molecule has 1 unspecified atom stereocenters. The quantitative estimate of drug-likeness (QED) is 0.735. The summed E-state index contributed by atoms with van der Waals surface area (Å²) in [6, 6.07) is 6.83. The van der Waals surface area contributed by atoms with Gasteiger partial charge in [-0.25, -0.2) is 0 Å². The maximum atomic E-state index is 11.1. The van der Waals surface area contributed by atoms with Gasteiger partial charge in [0.25, 0.3) is 0 Å². The summed E-state index contributed by atoms with van der Waals surface area (Å²) in [5.41, 5.74) is 4.97. The van der Waals surface area contributed by atoms with Crippen molar-refractivity contribution in [1.29, 1.82) is 0 Å². The van der Waals surface area contributed by atoms with Gasteiger partial charge in [-0.15, -0.1) is 0 Å². The van der Waals surface area contributed by atoms with Crippen LogP contribution >= 0.6 is 23.5 Å². The van der Waals surface area contributed by atoms with Gasteiger partial charge in [-0.05, 0) is 17.7 Å². The van der Waals surface area contributed by atoms with Crippen molar-refractivity contribution in [3.05, 3.63) is 34.3 Å². The summed E-state index contributed by atoms with van der Waals surface area (Å²) in [5.74, 6) is 0. The lowest BCUT2D eigenvalue weighted by molar-refractivity contribution is 0.359. The van der Waals surface area contributed by atoms with Crippen LogP contribution in [0.1, 0.15) is 11.2 Å². The molecule has 1 aromatic rings. The lowest BCUT2D eigenvalue weighted by Crippen LogP contribution is -2.12. The van der Waals surface area contributed by atoms with Crippen LogP contribution in [0.2, 0.25) is 0 Å². The van der Waals surface area contributed by atoms with E-state index in [1.807, 2.05) is 0 Å². The Hall–Kier alpha value is -0.190. The Labute approximate surface area is 90.4 Å². The molecule has 0 heterocycles. The van der Waals surface area contributed by atoms with Crippen molar-refractivity contribution in [3.63, 3.8) is 0 Å². The topological polar surface area (TPSA) is 83.6 Å². The Bertz CT molecular complexity index is 365. The lowest BCUT2D eigenvalue weighted by atomic mass is 10.1. The zero-order valence-electron chi connectivity index (χ0n) is 7.30. The van der Waals surface area contributed by atoms with E-state index in [0.717, 1.165) is 4.47 Å². The van der Waals surface area contributed by atoms with Gasteiger partial charge in [0.15, 0.2) is 0 Å². The van der Waals surface area contributed by atoms with E-state index in [4.69, 9.17) is 15.5 Å². The molecule has 0 aliphatic carbocycles. The molecule has 1 aromatic carbocycles. The van der Waals surface area contributed by atoms with Gasteiger partial charge in [0.1, 0.15) is 0 Å². The zero-order valence-corrected chi connectivity index (χ0v) is 9.78. The summed E-state index contributed by atoms with van der Waals surface area (Å²) in [6.45, 7) is -0.0687. The third-order valence-corrected chi connectivity index (χ3v) is 3.68. The Morgan fingerprint density at radius 3 is 2.57 bits per heavy atom. The Morgan fingerprint density at radius 2 is 2.14 bits per heavy atom. The average molecular weight is 280 g/mol. The Morgan fingerprint density at radius 1 is 1.50 bits per heavy atom. The van der Waals surface area contributed by atoms with Gasteiger partial charge in [-0.2, -0.15) is 0 Å². The molecule has 6 heteroatoms. The first-order chi connectivity index (χ1) is 6.45. The predicted octanol–water partition coefficient (Wildman–Crippen LogP) is 1.63. The molecule has 0 fully saturated rings. The molecule has 4 N–H and O–H groups in total. The van der Waals surface area contributed by atoms with E-state index in [-0.39, 0.29) is 6.54 Å². The van der Waals surface area contributed by atoms with Gasteiger partial charge in [-0.1, -0.05) is 28.1 Å². The second-order valence-electron chi connectivity index (χ2n) is 2.90. The van der Waals surface area contributed by atoms with Crippen molar-refractivity contribution < 1.29 is 14.4 Å². The van der Waals surface area contributed by atoms with E-state index in [9.17, 15) is 4.57 Å². The summed E-state index contributed by atoms with van der Waals surface area (Å²) in [6.07, 6.45) is 0. The minimum atomic E-state index is -4.16. The van der Waals surface area contributed by atoms with E-state index in [0.29, 0.717) is 5.56 Å². The van der Waals surface area contributed by atoms with Gasteiger partial charge < -0.3 is 15.5 Å². The molecule has 0 saturated carbocycles. The molecule has 4 nitrogen and oxygen atoms in total. The summed E-state index contributed by atoms with van der Waals surface area (Å²) in [4.78, 5) is 18.1. The molecule has 1 rings (SSSR count). The normalized spacial score (nSPS) is 14.0. The molecule has 0 radical (unpaired) electrons. The van der Waals surface area contributed by atoms with Crippen LogP contribution in [0.15, 0.2) is 28.7 Å². The fraction of sp³-hybridized carbons (Fsp3) is 0.250. The summed E-state index contributed by atoms with van der Waals surface area (Å²) in [7, 11) is -4.16. The van der Waals surface area contributed by atoms with Crippen LogP contribution in [0.4, 0.5) is 0 Å². The Kier molecular flexibility index (Phi) is 3.86. The molecule has 0 spiro atoms. The van der Waals surface area contributed by atoms with E-state index in [2.05, 4.69) is 15.9 Å². The molecule has 78 valence electrons. The molecule has 0 aliphatic rings. The fourth-order valence-electron chi connectivity index (χ4n) is 1.18. The predicted molar refractivity (Wildman–Crippen MR) is 58.0 cm³/mol. The highest BCUT2D eigenvalue weighted by Crippen LogP contribution is 2.51. The van der Waals surface area contributed by atoms with Crippen LogP contribution in [0.5, 0.6) is 0 Å². The van der Waals surface area contributed by atoms with Crippen LogP contribution in [-0.4, -0.2) is 16.3 Å². The second-order valence-corrected chi connectivity index (χ2v) is 5.61. The van der Waals surface area contributed by atoms with Gasteiger partial charge >= 0.3 is 7.60 Å². The number of hydrogen-bond acceptors (Lipinski definition) is 2. The lowest BCUT2D eigenvalue weighted by Gasteiger charge is -2.16. The van der Waals surface area contributed by atoms with Crippen LogP contribution < -0.4 is 5.73 Å². The van der Waals surface area contributed by atoms with Crippen LogP contribution in [0, 0.1) is 0 Å². The van der Waals surface area contributed by atoms with Crippen molar-refractivity contribution >= 4 is 23.5 Å². The SMILES string of the molecule is NCC(c1cccc(Br)c1)P(=O)(O)O. The summed E-state index contributed by atoms with van der Waals surface area (Å²) < 4.78 is 11.9. The highest BCUT2D eigenvalue weighted by molar-refractivity contribution is 9.10. The van der Waals surface area contributed by atoms with Gasteiger partial charge in [-0.3, -0.25) is 4.57 Å². The number of benzene rings is 1. The highest BCUT2D eigenvalue weighted by atomic mass is 79.9. The smallest absolute Gasteiger partial charge is 0.329 e. The van der Waals surface area contributed by atoms with E-state index >= 15 is 0 Å². The van der Waals surface area contributed by atoms with Crippen LogP contribution in [-0.2, 0) is 4.57 Å². The third kappa shape index (κ3) is 2.90. The maximum Gasteiger partial charge on any atom is 0.334 e. The standard InChI is InChI=1S/C8H11BrNO3P/c9-7-3-1-2-6(4-7)8(5-10)14(11,12)13/h1-4,8H,5,10H2,(H2,11,12,13). The van der Waals surface area contributed by atoms with Gasteiger partial charge in [0.05, 0.1) is 5.66 Å². The molecule has 0 bridgehead atoms. The minimum Gasteiger partial charge on any atom is -0.329 e. The first-order valence-corrected chi connectivity index (χ1v) is 6.43. The number of halogens is 1. The first kappa shape index (κ1) is 11.9. The van der Waals surface area contributed by atoms with Crippen LogP contribution in [0.3, 0.4) is 0 Å². The molecular weight excluding hydrogens is 269 g/mol. The average Bonchev–Trinajstić information content (AvgIpc) is 2.02. The molecule has 0 amide bonds. The van der Waals surface area contributed by atoms with Crippen molar-refractivity contribution in [2.45, 2.75) is 5.66 Å². The van der Waals surface area contributed by atoms with Gasteiger partial charge in [0.2, 0.25) is 0 Å².